The van der Waals surface area contributed by atoms with Crippen molar-refractivity contribution in [2.45, 2.75) is 39.0 Å². The highest BCUT2D eigenvalue weighted by Gasteiger charge is 2.31. The molecule has 3 aromatic rings. The highest BCUT2D eigenvalue weighted by Crippen LogP contribution is 2.43. The molecule has 2 amide bonds. The molecule has 224 valence electrons. The first-order valence-corrected chi connectivity index (χ1v) is 14.8. The molecule has 0 radical (unpaired) electrons. The number of likely N-dealkylation sites (N-methyl/N-ethyl adjacent to an activating group) is 1. The van der Waals surface area contributed by atoms with Gasteiger partial charge in [-0.1, -0.05) is 62.4 Å². The van der Waals surface area contributed by atoms with Crippen LogP contribution >= 0.6 is 11.6 Å². The monoisotopic (exact) mass is 600 g/mol. The van der Waals surface area contributed by atoms with Gasteiger partial charge in [-0.2, -0.15) is 0 Å². The number of anilines is 1. The molecule has 43 heavy (non-hydrogen) atoms. The Morgan fingerprint density at radius 1 is 1.16 bits per heavy atom. The molecule has 2 heterocycles. The van der Waals surface area contributed by atoms with Gasteiger partial charge in [-0.25, -0.2) is 4.98 Å². The average Bonchev–Trinajstić information content (AvgIpc) is 3.39. The van der Waals surface area contributed by atoms with Gasteiger partial charge in [0.15, 0.2) is 0 Å². The summed E-state index contributed by atoms with van der Waals surface area (Å²) in [5.41, 5.74) is 7.27. The number of benzene rings is 2. The van der Waals surface area contributed by atoms with Gasteiger partial charge < -0.3 is 19.7 Å². The number of carbonyl (C=O) groups is 2. The van der Waals surface area contributed by atoms with E-state index in [1.54, 1.807) is 26.2 Å². The van der Waals surface area contributed by atoms with Gasteiger partial charge in [-0.05, 0) is 54.0 Å². The molecule has 9 heteroatoms. The van der Waals surface area contributed by atoms with Crippen LogP contribution in [0.2, 0.25) is 5.02 Å². The van der Waals surface area contributed by atoms with Gasteiger partial charge in [0.05, 0.1) is 24.4 Å². The minimum atomic E-state index is -0.498. The summed E-state index contributed by atoms with van der Waals surface area (Å²) in [6.07, 6.45) is 4.21. The van der Waals surface area contributed by atoms with Crippen molar-refractivity contribution in [2.24, 2.45) is 0 Å². The second kappa shape index (κ2) is 12.6. The second-order valence-electron chi connectivity index (χ2n) is 10.8. The zero-order valence-electron chi connectivity index (χ0n) is 25.3. The van der Waals surface area contributed by atoms with E-state index in [9.17, 15) is 9.59 Å². The van der Waals surface area contributed by atoms with Crippen molar-refractivity contribution in [2.75, 3.05) is 39.7 Å². The fourth-order valence-corrected chi connectivity index (χ4v) is 6.23. The molecular weight excluding hydrogens is 564 g/mol. The van der Waals surface area contributed by atoms with Crippen LogP contribution in [0.4, 0.5) is 5.69 Å². The first kappa shape index (κ1) is 30.3. The summed E-state index contributed by atoms with van der Waals surface area (Å²) < 4.78 is 10.9. The summed E-state index contributed by atoms with van der Waals surface area (Å²) in [7, 11) is 4.86. The number of ether oxygens (including phenoxy) is 2. The number of amides is 2. The first-order valence-electron chi connectivity index (χ1n) is 14.4. The number of methoxy groups -OCH3 is 2. The van der Waals surface area contributed by atoms with Crippen LogP contribution in [0.25, 0.3) is 22.4 Å². The van der Waals surface area contributed by atoms with Crippen LogP contribution in [0, 0.1) is 0 Å². The molecule has 1 aliphatic carbocycles. The van der Waals surface area contributed by atoms with Gasteiger partial charge in [0, 0.05) is 49.3 Å². The van der Waals surface area contributed by atoms with E-state index < -0.39 is 11.8 Å². The summed E-state index contributed by atoms with van der Waals surface area (Å²) in [5, 5.41) is 3.55. The summed E-state index contributed by atoms with van der Waals surface area (Å²) in [5.74, 6) is 0.620. The fourth-order valence-electron chi connectivity index (χ4n) is 5.91. The summed E-state index contributed by atoms with van der Waals surface area (Å²) in [6.45, 7) is 9.07. The van der Waals surface area contributed by atoms with Crippen molar-refractivity contribution in [1.29, 1.82) is 0 Å². The predicted octanol–water partition coefficient (Wildman–Crippen LogP) is 6.40. The number of nitrogens with one attached hydrogen (secondary N) is 1. The third-order valence-electron chi connectivity index (χ3n) is 8.30. The van der Waals surface area contributed by atoms with E-state index in [0.29, 0.717) is 47.9 Å². The molecule has 1 atom stereocenters. The van der Waals surface area contributed by atoms with Crippen LogP contribution in [0.3, 0.4) is 0 Å². The van der Waals surface area contributed by atoms with Crippen molar-refractivity contribution in [3.8, 4) is 28.3 Å². The molecule has 0 saturated carbocycles. The largest absolute Gasteiger partial charge is 0.481 e. The SMILES string of the molecule is C=C1N(CCOC)C=C(C(=O)Nc2cccc(-c3cccc(-c4cc5c(c(OC)n4)C(C)CC5)c3Cl)c2CC)C(=O)N1C. The Kier molecular flexibility index (Phi) is 8.89. The Morgan fingerprint density at radius 3 is 2.60 bits per heavy atom. The van der Waals surface area contributed by atoms with E-state index in [0.717, 1.165) is 40.8 Å². The lowest BCUT2D eigenvalue weighted by atomic mass is 9.94. The normalized spacial score (nSPS) is 16.3. The van der Waals surface area contributed by atoms with Crippen LogP contribution in [0.15, 0.2) is 66.6 Å². The van der Waals surface area contributed by atoms with Gasteiger partial charge in [0.2, 0.25) is 5.88 Å². The molecule has 2 aliphatic rings. The molecule has 8 nitrogen and oxygen atoms in total. The number of halogens is 1. The maximum atomic E-state index is 13.5. The quantitative estimate of drug-likeness (QED) is 0.286. The highest BCUT2D eigenvalue weighted by molar-refractivity contribution is 6.36. The van der Waals surface area contributed by atoms with Crippen LogP contribution < -0.4 is 10.1 Å². The molecule has 1 unspecified atom stereocenters. The van der Waals surface area contributed by atoms with Crippen molar-refractivity contribution >= 4 is 29.1 Å². The van der Waals surface area contributed by atoms with E-state index in [1.165, 1.54) is 22.2 Å². The maximum Gasteiger partial charge on any atom is 0.266 e. The maximum absolute atomic E-state index is 13.5. The number of aryl methyl sites for hydroxylation is 1. The molecule has 1 aromatic heterocycles. The van der Waals surface area contributed by atoms with Gasteiger partial charge in [-0.15, -0.1) is 0 Å². The fraction of sp³-hybridized carbons (Fsp3) is 0.324. The Hall–Kier alpha value is -4.14. The number of hydrogen-bond donors (Lipinski definition) is 1. The number of carbonyl (C=O) groups excluding carboxylic acids is 2. The molecule has 0 fully saturated rings. The number of hydrogen-bond acceptors (Lipinski definition) is 6. The highest BCUT2D eigenvalue weighted by atomic mass is 35.5. The van der Waals surface area contributed by atoms with E-state index in [2.05, 4.69) is 24.9 Å². The summed E-state index contributed by atoms with van der Waals surface area (Å²) in [6, 6.07) is 13.7. The molecule has 0 spiro atoms. The van der Waals surface area contributed by atoms with Gasteiger partial charge in [-0.3, -0.25) is 14.5 Å². The third-order valence-corrected chi connectivity index (χ3v) is 8.71. The Balaban J connectivity index is 1.50. The Bertz CT molecular complexity index is 1630. The summed E-state index contributed by atoms with van der Waals surface area (Å²) in [4.78, 5) is 34.5. The summed E-state index contributed by atoms with van der Waals surface area (Å²) >= 11 is 7.12. The van der Waals surface area contributed by atoms with Gasteiger partial charge >= 0.3 is 0 Å². The minimum absolute atomic E-state index is 0.0180. The van der Waals surface area contributed by atoms with Crippen molar-refractivity contribution < 1.29 is 19.1 Å². The number of aromatic nitrogens is 1. The lowest BCUT2D eigenvalue weighted by molar-refractivity contribution is -0.128. The zero-order chi connectivity index (χ0) is 30.8. The van der Waals surface area contributed by atoms with E-state index in [4.69, 9.17) is 26.1 Å². The zero-order valence-corrected chi connectivity index (χ0v) is 26.0. The van der Waals surface area contributed by atoms with Gasteiger partial charge in [0.25, 0.3) is 11.8 Å². The molecule has 2 aromatic carbocycles. The lowest BCUT2D eigenvalue weighted by Crippen LogP contribution is -2.43. The first-order chi connectivity index (χ1) is 20.7. The second-order valence-corrected chi connectivity index (χ2v) is 11.2. The van der Waals surface area contributed by atoms with Crippen LogP contribution in [0.1, 0.15) is 42.9 Å². The number of rotatable bonds is 9. The number of nitrogens with zero attached hydrogens (tertiary/aromatic N) is 3. The van der Waals surface area contributed by atoms with Crippen molar-refractivity contribution in [1.82, 2.24) is 14.8 Å². The predicted molar refractivity (Wildman–Crippen MR) is 170 cm³/mol. The van der Waals surface area contributed by atoms with Crippen molar-refractivity contribution in [3.63, 3.8) is 0 Å². The Morgan fingerprint density at radius 2 is 1.88 bits per heavy atom. The molecule has 0 saturated heterocycles. The number of fused-ring (bicyclic) bond motifs is 1. The Labute approximate surface area is 258 Å². The van der Waals surface area contributed by atoms with E-state index in [1.807, 2.05) is 43.3 Å². The number of pyridine rings is 1. The van der Waals surface area contributed by atoms with Gasteiger partial charge in [0.1, 0.15) is 11.4 Å². The third kappa shape index (κ3) is 5.65. The van der Waals surface area contributed by atoms with Crippen LogP contribution in [0.5, 0.6) is 5.88 Å². The van der Waals surface area contributed by atoms with Crippen molar-refractivity contribution in [3.05, 3.63) is 88.4 Å². The molecule has 5 rings (SSSR count). The average molecular weight is 601 g/mol. The smallest absolute Gasteiger partial charge is 0.266 e. The van der Waals surface area contributed by atoms with E-state index in [-0.39, 0.29) is 5.57 Å². The molecule has 1 N–H and O–H groups in total. The standard InChI is InChI=1S/C34H37ClN4O4/c1-7-23-24(10-9-13-28(23)36-32(40)27-19-39(16-17-42-5)21(3)38(4)34(27)41)25-11-8-12-26(31(25)35)29-18-22-15-14-20(2)30(22)33(37-29)43-6/h8-13,18-20H,3,7,14-17H2,1-2,4-6H3,(H,36,40). The minimum Gasteiger partial charge on any atom is -0.481 e. The van der Waals surface area contributed by atoms with Crippen LogP contribution in [-0.4, -0.2) is 61.0 Å². The molecule has 0 bridgehead atoms. The molecular formula is C34H37ClN4O4. The molecule has 1 aliphatic heterocycles. The van der Waals surface area contributed by atoms with E-state index >= 15 is 0 Å². The lowest BCUT2D eigenvalue weighted by Gasteiger charge is -2.34. The topological polar surface area (TPSA) is 84.0 Å². The van der Waals surface area contributed by atoms with Crippen LogP contribution in [-0.2, 0) is 27.2 Å².